The van der Waals surface area contributed by atoms with E-state index in [0.29, 0.717) is 16.0 Å². The third-order valence-corrected chi connectivity index (χ3v) is 4.33. The fraction of sp³-hybridized carbons (Fsp3) is 0.250. The molecule has 0 fully saturated rings. The highest BCUT2D eigenvalue weighted by Gasteiger charge is 2.16. The minimum atomic E-state index is -0.415. The maximum Gasteiger partial charge on any atom is 0.283 e. The van der Waals surface area contributed by atoms with Crippen molar-refractivity contribution in [1.29, 1.82) is 0 Å². The number of rotatable bonds is 3. The summed E-state index contributed by atoms with van der Waals surface area (Å²) in [6.45, 7) is 4.13. The van der Waals surface area contributed by atoms with Crippen molar-refractivity contribution in [3.8, 4) is 0 Å². The van der Waals surface area contributed by atoms with Gasteiger partial charge in [-0.2, -0.15) is 5.10 Å². The molecule has 2 rings (SSSR count). The number of hydrogen-bond donors (Lipinski definition) is 0. The van der Waals surface area contributed by atoms with Crippen molar-refractivity contribution in [2.45, 2.75) is 20.4 Å². The van der Waals surface area contributed by atoms with Crippen LogP contribution < -0.4 is 0 Å². The van der Waals surface area contributed by atoms with Crippen molar-refractivity contribution in [3.05, 3.63) is 54.8 Å². The Morgan fingerprint density at radius 3 is 2.68 bits per heavy atom. The van der Waals surface area contributed by atoms with Gasteiger partial charge in [0.25, 0.3) is 5.69 Å². The van der Waals surface area contributed by atoms with E-state index in [2.05, 4.69) is 21.0 Å². The molecule has 0 aliphatic carbocycles. The van der Waals surface area contributed by atoms with E-state index in [1.807, 2.05) is 19.9 Å². The lowest BCUT2D eigenvalue weighted by Crippen LogP contribution is -2.05. The first-order valence-corrected chi connectivity index (χ1v) is 6.70. The lowest BCUT2D eigenvalue weighted by atomic mass is 10.2. The SMILES string of the molecule is Cc1nn(Cc2cccc([N+](=O)[O-])c2Br)c(C)c1Cl. The van der Waals surface area contributed by atoms with Crippen LogP contribution in [-0.4, -0.2) is 14.7 Å². The van der Waals surface area contributed by atoms with Gasteiger partial charge in [0.1, 0.15) is 4.47 Å². The molecule has 0 aliphatic heterocycles. The highest BCUT2D eigenvalue weighted by atomic mass is 79.9. The third kappa shape index (κ3) is 2.64. The number of halogens is 2. The van der Waals surface area contributed by atoms with Gasteiger partial charge in [-0.3, -0.25) is 14.8 Å². The van der Waals surface area contributed by atoms with E-state index in [4.69, 9.17) is 11.6 Å². The van der Waals surface area contributed by atoms with E-state index in [1.165, 1.54) is 6.07 Å². The second kappa shape index (κ2) is 5.30. The topological polar surface area (TPSA) is 61.0 Å². The summed E-state index contributed by atoms with van der Waals surface area (Å²) >= 11 is 9.36. The fourth-order valence-electron chi connectivity index (χ4n) is 1.82. The maximum absolute atomic E-state index is 10.9. The van der Waals surface area contributed by atoms with Gasteiger partial charge in [0, 0.05) is 6.07 Å². The molecule has 7 heteroatoms. The molecule has 0 spiro atoms. The first-order chi connectivity index (χ1) is 8.91. The zero-order chi connectivity index (χ0) is 14.2. The normalized spacial score (nSPS) is 10.7. The molecule has 0 atom stereocenters. The molecule has 19 heavy (non-hydrogen) atoms. The Labute approximate surface area is 123 Å². The molecule has 2 aromatic rings. The molecule has 0 unspecified atom stereocenters. The molecule has 100 valence electrons. The summed E-state index contributed by atoms with van der Waals surface area (Å²) in [4.78, 5) is 10.5. The average Bonchev–Trinajstić information content (AvgIpc) is 2.59. The highest BCUT2D eigenvalue weighted by Crippen LogP contribution is 2.29. The van der Waals surface area contributed by atoms with Gasteiger partial charge in [-0.05, 0) is 35.3 Å². The van der Waals surface area contributed by atoms with Gasteiger partial charge in [-0.15, -0.1) is 0 Å². The van der Waals surface area contributed by atoms with Crippen molar-refractivity contribution in [2.24, 2.45) is 0 Å². The predicted octanol–water partition coefficient (Wildman–Crippen LogP) is 3.87. The van der Waals surface area contributed by atoms with E-state index in [9.17, 15) is 10.1 Å². The van der Waals surface area contributed by atoms with Crippen LogP contribution >= 0.6 is 27.5 Å². The van der Waals surface area contributed by atoms with Crippen LogP contribution in [0.2, 0.25) is 5.02 Å². The number of hydrogen-bond acceptors (Lipinski definition) is 3. The summed E-state index contributed by atoms with van der Waals surface area (Å²) in [5, 5.41) is 15.8. The number of nitro benzene ring substituents is 1. The van der Waals surface area contributed by atoms with E-state index in [0.717, 1.165) is 17.0 Å². The number of nitro groups is 1. The van der Waals surface area contributed by atoms with Crippen LogP contribution in [0.5, 0.6) is 0 Å². The minimum Gasteiger partial charge on any atom is -0.264 e. The largest absolute Gasteiger partial charge is 0.283 e. The van der Waals surface area contributed by atoms with Gasteiger partial charge < -0.3 is 0 Å². The second-order valence-electron chi connectivity index (χ2n) is 4.15. The molecular formula is C12H11BrClN3O2. The van der Waals surface area contributed by atoms with E-state index >= 15 is 0 Å². The molecule has 0 saturated heterocycles. The van der Waals surface area contributed by atoms with Gasteiger partial charge in [0.05, 0.1) is 27.9 Å². The first kappa shape index (κ1) is 14.0. The lowest BCUT2D eigenvalue weighted by Gasteiger charge is -2.07. The van der Waals surface area contributed by atoms with Crippen molar-refractivity contribution in [3.63, 3.8) is 0 Å². The van der Waals surface area contributed by atoms with E-state index in [1.54, 1.807) is 10.7 Å². The molecule has 0 aliphatic rings. The number of aromatic nitrogens is 2. The smallest absolute Gasteiger partial charge is 0.264 e. The standard InChI is InChI=1S/C12H11BrClN3O2/c1-7-12(14)8(2)16(15-7)6-9-4-3-5-10(11(9)13)17(18)19/h3-5H,6H2,1-2H3. The summed E-state index contributed by atoms with van der Waals surface area (Å²) in [6.07, 6.45) is 0. The number of benzene rings is 1. The van der Waals surface area contributed by atoms with Gasteiger partial charge in [0.15, 0.2) is 0 Å². The lowest BCUT2D eigenvalue weighted by molar-refractivity contribution is -0.385. The summed E-state index contributed by atoms with van der Waals surface area (Å²) < 4.78 is 2.21. The molecular weight excluding hydrogens is 334 g/mol. The van der Waals surface area contributed by atoms with Gasteiger partial charge in [0.2, 0.25) is 0 Å². The first-order valence-electron chi connectivity index (χ1n) is 5.53. The summed E-state index contributed by atoms with van der Waals surface area (Å²) in [6, 6.07) is 4.94. The van der Waals surface area contributed by atoms with Crippen molar-refractivity contribution in [2.75, 3.05) is 0 Å². The molecule has 1 aromatic carbocycles. The minimum absolute atomic E-state index is 0.0464. The molecule has 1 aromatic heterocycles. The monoisotopic (exact) mass is 343 g/mol. The molecule has 0 radical (unpaired) electrons. The zero-order valence-corrected chi connectivity index (χ0v) is 12.7. The summed E-state index contributed by atoms with van der Waals surface area (Å²) in [5.74, 6) is 0. The Bertz CT molecular complexity index is 655. The molecule has 0 bridgehead atoms. The molecule has 5 nitrogen and oxygen atoms in total. The Morgan fingerprint density at radius 2 is 2.16 bits per heavy atom. The Morgan fingerprint density at radius 1 is 1.47 bits per heavy atom. The van der Waals surface area contributed by atoms with Gasteiger partial charge in [-0.1, -0.05) is 23.7 Å². The Balaban J connectivity index is 2.41. The number of nitrogens with zero attached hydrogens (tertiary/aromatic N) is 3. The molecule has 0 saturated carbocycles. The van der Waals surface area contributed by atoms with Gasteiger partial charge >= 0.3 is 0 Å². The maximum atomic E-state index is 10.9. The van der Waals surface area contributed by atoms with Crippen LogP contribution in [0, 0.1) is 24.0 Å². The van der Waals surface area contributed by atoms with Crippen LogP contribution in [0.4, 0.5) is 5.69 Å². The molecule has 1 heterocycles. The Hall–Kier alpha value is -1.40. The fourth-order valence-corrected chi connectivity index (χ4v) is 2.49. The third-order valence-electron chi connectivity index (χ3n) is 2.87. The van der Waals surface area contributed by atoms with Crippen LogP contribution in [0.25, 0.3) is 0 Å². The average molecular weight is 345 g/mol. The quantitative estimate of drug-likeness (QED) is 0.627. The van der Waals surface area contributed by atoms with Gasteiger partial charge in [-0.25, -0.2) is 0 Å². The van der Waals surface area contributed by atoms with Crippen LogP contribution in [0.1, 0.15) is 17.0 Å². The van der Waals surface area contributed by atoms with E-state index in [-0.39, 0.29) is 5.69 Å². The summed E-state index contributed by atoms with van der Waals surface area (Å²) in [7, 11) is 0. The second-order valence-corrected chi connectivity index (χ2v) is 5.32. The molecule has 0 amide bonds. The van der Waals surface area contributed by atoms with Crippen LogP contribution in [0.3, 0.4) is 0 Å². The van der Waals surface area contributed by atoms with Crippen molar-refractivity contribution >= 4 is 33.2 Å². The number of aryl methyl sites for hydroxylation is 1. The summed E-state index contributed by atoms with van der Waals surface area (Å²) in [5.41, 5.74) is 2.43. The van der Waals surface area contributed by atoms with Crippen molar-refractivity contribution in [1.82, 2.24) is 9.78 Å². The molecule has 0 N–H and O–H groups in total. The van der Waals surface area contributed by atoms with Crippen molar-refractivity contribution < 1.29 is 4.92 Å². The van der Waals surface area contributed by atoms with Crippen LogP contribution in [0.15, 0.2) is 22.7 Å². The predicted molar refractivity (Wildman–Crippen MR) is 76.6 cm³/mol. The van der Waals surface area contributed by atoms with Crippen LogP contribution in [-0.2, 0) is 6.54 Å². The highest BCUT2D eigenvalue weighted by molar-refractivity contribution is 9.10. The Kier molecular flexibility index (Phi) is 3.91. The zero-order valence-electron chi connectivity index (χ0n) is 10.4. The van der Waals surface area contributed by atoms with E-state index < -0.39 is 4.92 Å².